The Bertz CT molecular complexity index is 1540. The minimum atomic E-state index is -0.740. The average Bonchev–Trinajstić information content (AvgIpc) is 3.15. The number of hydrogen-bond acceptors (Lipinski definition) is 6. The maximum atomic E-state index is 13.8. The normalized spacial score (nSPS) is 15.0. The van der Waals surface area contributed by atoms with Gasteiger partial charge in [-0.05, 0) is 61.7 Å². The number of aromatic nitrogens is 1. The van der Waals surface area contributed by atoms with E-state index in [1.165, 1.54) is 4.90 Å². The van der Waals surface area contributed by atoms with E-state index in [-0.39, 0.29) is 11.2 Å². The van der Waals surface area contributed by atoms with Gasteiger partial charge < -0.3 is 13.9 Å². The first-order valence-corrected chi connectivity index (χ1v) is 11.9. The van der Waals surface area contributed by atoms with Crippen molar-refractivity contribution >= 4 is 22.7 Å². The molecule has 1 amide bonds. The molecular weight excluding hydrogens is 456 g/mol. The lowest BCUT2D eigenvalue weighted by Crippen LogP contribution is -2.30. The predicted molar refractivity (Wildman–Crippen MR) is 138 cm³/mol. The Morgan fingerprint density at radius 2 is 1.83 bits per heavy atom. The molecule has 5 rings (SSSR count). The fourth-order valence-electron chi connectivity index (χ4n) is 4.53. The lowest BCUT2D eigenvalue weighted by Gasteiger charge is -2.25. The van der Waals surface area contributed by atoms with Crippen molar-refractivity contribution in [3.05, 3.63) is 93.0 Å². The Morgan fingerprint density at radius 3 is 2.56 bits per heavy atom. The Hall–Kier alpha value is -4.13. The number of carbonyl (C=O) groups is 1. The third kappa shape index (κ3) is 4.00. The summed E-state index contributed by atoms with van der Waals surface area (Å²) in [5.41, 5.74) is 2.82. The first kappa shape index (κ1) is 23.6. The summed E-state index contributed by atoms with van der Waals surface area (Å²) in [5.74, 6) is 1.52. The molecule has 2 aromatic carbocycles. The summed E-state index contributed by atoms with van der Waals surface area (Å²) in [4.78, 5) is 33.7. The van der Waals surface area contributed by atoms with E-state index in [2.05, 4.69) is 18.8 Å². The van der Waals surface area contributed by atoms with E-state index in [0.29, 0.717) is 51.9 Å². The molecular formula is C29H28N2O5. The van der Waals surface area contributed by atoms with Crippen molar-refractivity contribution in [2.24, 2.45) is 5.92 Å². The van der Waals surface area contributed by atoms with E-state index in [0.717, 1.165) is 11.3 Å². The van der Waals surface area contributed by atoms with Crippen molar-refractivity contribution < 1.29 is 18.7 Å². The van der Waals surface area contributed by atoms with Gasteiger partial charge in [0.15, 0.2) is 16.9 Å². The molecule has 36 heavy (non-hydrogen) atoms. The first-order chi connectivity index (χ1) is 17.3. The zero-order valence-electron chi connectivity index (χ0n) is 21.0. The third-order valence-electron chi connectivity index (χ3n) is 6.22. The summed E-state index contributed by atoms with van der Waals surface area (Å²) in [6.45, 7) is 8.45. The van der Waals surface area contributed by atoms with Crippen molar-refractivity contribution in [3.63, 3.8) is 0 Å². The highest BCUT2D eigenvalue weighted by atomic mass is 16.5. The second-order valence-corrected chi connectivity index (χ2v) is 9.50. The zero-order chi connectivity index (χ0) is 25.6. The van der Waals surface area contributed by atoms with E-state index in [9.17, 15) is 9.59 Å². The van der Waals surface area contributed by atoms with Crippen LogP contribution in [0.2, 0.25) is 0 Å². The van der Waals surface area contributed by atoms with Crippen LogP contribution in [-0.4, -0.2) is 24.6 Å². The highest BCUT2D eigenvalue weighted by Crippen LogP contribution is 2.43. The summed E-state index contributed by atoms with van der Waals surface area (Å²) >= 11 is 0. The van der Waals surface area contributed by atoms with E-state index in [1.54, 1.807) is 25.3 Å². The van der Waals surface area contributed by atoms with E-state index < -0.39 is 11.9 Å². The molecule has 0 fully saturated rings. The van der Waals surface area contributed by atoms with Crippen LogP contribution in [-0.2, 0) is 0 Å². The molecule has 184 valence electrons. The number of anilines is 1. The molecule has 4 aromatic rings. The monoisotopic (exact) mass is 484 g/mol. The van der Waals surface area contributed by atoms with Crippen LogP contribution in [0, 0.1) is 19.8 Å². The molecule has 1 aliphatic heterocycles. The van der Waals surface area contributed by atoms with Gasteiger partial charge in [-0.25, -0.2) is 4.98 Å². The second-order valence-electron chi connectivity index (χ2n) is 9.50. The minimum absolute atomic E-state index is 0.0313. The molecule has 7 nitrogen and oxygen atoms in total. The number of nitrogens with zero attached hydrogens (tertiary/aromatic N) is 2. The number of rotatable bonds is 6. The van der Waals surface area contributed by atoms with Crippen LogP contribution < -0.4 is 19.8 Å². The number of aryl methyl sites for hydroxylation is 2. The average molecular weight is 485 g/mol. The Balaban J connectivity index is 1.74. The van der Waals surface area contributed by atoms with Gasteiger partial charge in [0, 0.05) is 5.69 Å². The molecule has 0 radical (unpaired) electrons. The van der Waals surface area contributed by atoms with Crippen molar-refractivity contribution in [3.8, 4) is 11.5 Å². The topological polar surface area (TPSA) is 81.9 Å². The fraction of sp³-hybridized carbons (Fsp3) is 0.276. The number of ether oxygens (including phenoxy) is 2. The molecule has 3 heterocycles. The highest BCUT2D eigenvalue weighted by molar-refractivity contribution is 6.10. The smallest absolute Gasteiger partial charge is 0.296 e. The van der Waals surface area contributed by atoms with Gasteiger partial charge >= 0.3 is 0 Å². The van der Waals surface area contributed by atoms with Crippen LogP contribution in [0.25, 0.3) is 11.0 Å². The Morgan fingerprint density at radius 1 is 1.03 bits per heavy atom. The molecule has 1 aliphatic rings. The molecule has 1 atom stereocenters. The van der Waals surface area contributed by atoms with Crippen molar-refractivity contribution in [2.45, 2.75) is 33.7 Å². The van der Waals surface area contributed by atoms with Gasteiger partial charge in [0.2, 0.25) is 5.76 Å². The van der Waals surface area contributed by atoms with Crippen molar-refractivity contribution in [1.82, 2.24) is 4.98 Å². The second kappa shape index (κ2) is 9.15. The van der Waals surface area contributed by atoms with Crippen LogP contribution in [0.4, 0.5) is 5.82 Å². The summed E-state index contributed by atoms with van der Waals surface area (Å²) in [6, 6.07) is 15.6. The number of carbonyl (C=O) groups excluding carboxylic acids is 1. The standard InChI is InChI=1S/C29H28N2O5/c1-16(2)15-35-22-12-10-19(14-23(22)34-5)26-25-27(32)20-13-17(3)9-11-21(20)36-28(25)29(33)31(26)24-8-6-7-18(4)30-24/h6-14,16,26H,15H2,1-5H3/t26-/m0/s1. The molecule has 0 aliphatic carbocycles. The van der Waals surface area contributed by atoms with Crippen LogP contribution in [0.3, 0.4) is 0 Å². The van der Waals surface area contributed by atoms with E-state index >= 15 is 0 Å². The van der Waals surface area contributed by atoms with Crippen LogP contribution in [0.15, 0.2) is 63.8 Å². The van der Waals surface area contributed by atoms with Crippen LogP contribution >= 0.6 is 0 Å². The summed E-state index contributed by atoms with van der Waals surface area (Å²) < 4.78 is 17.6. The van der Waals surface area contributed by atoms with E-state index in [4.69, 9.17) is 13.9 Å². The van der Waals surface area contributed by atoms with Crippen molar-refractivity contribution in [2.75, 3.05) is 18.6 Å². The fourth-order valence-corrected chi connectivity index (χ4v) is 4.53. The maximum absolute atomic E-state index is 13.8. The van der Waals surface area contributed by atoms with Gasteiger partial charge in [0.1, 0.15) is 11.4 Å². The van der Waals surface area contributed by atoms with Gasteiger partial charge in [-0.3, -0.25) is 14.5 Å². The molecule has 7 heteroatoms. The number of pyridine rings is 1. The molecule has 0 saturated heterocycles. The number of amides is 1. The van der Waals surface area contributed by atoms with Crippen LogP contribution in [0.1, 0.15) is 52.8 Å². The number of fused-ring (bicyclic) bond motifs is 2. The zero-order valence-corrected chi connectivity index (χ0v) is 21.0. The summed E-state index contributed by atoms with van der Waals surface area (Å²) in [6.07, 6.45) is 0. The summed E-state index contributed by atoms with van der Waals surface area (Å²) in [5, 5.41) is 0.439. The number of hydrogen-bond donors (Lipinski definition) is 0. The molecule has 0 bridgehead atoms. The van der Waals surface area contributed by atoms with Gasteiger partial charge in [-0.1, -0.05) is 37.6 Å². The van der Waals surface area contributed by atoms with Crippen LogP contribution in [0.5, 0.6) is 11.5 Å². The Kier molecular flexibility index (Phi) is 6.00. The van der Waals surface area contributed by atoms with Crippen molar-refractivity contribution in [1.29, 1.82) is 0 Å². The SMILES string of the molecule is COc1cc([C@H]2c3c(oc4ccc(C)cc4c3=O)C(=O)N2c2cccc(C)n2)ccc1OCC(C)C. The lowest BCUT2D eigenvalue weighted by atomic mass is 9.97. The number of methoxy groups -OCH3 is 1. The van der Waals surface area contributed by atoms with Gasteiger partial charge in [0.05, 0.1) is 30.7 Å². The largest absolute Gasteiger partial charge is 0.493 e. The highest BCUT2D eigenvalue weighted by Gasteiger charge is 2.44. The third-order valence-corrected chi connectivity index (χ3v) is 6.22. The first-order valence-electron chi connectivity index (χ1n) is 11.9. The lowest BCUT2D eigenvalue weighted by molar-refractivity contribution is 0.0970. The maximum Gasteiger partial charge on any atom is 0.296 e. The molecule has 0 N–H and O–H groups in total. The predicted octanol–water partition coefficient (Wildman–Crippen LogP) is 5.60. The minimum Gasteiger partial charge on any atom is -0.493 e. The number of benzene rings is 2. The Labute approximate surface area is 209 Å². The van der Waals surface area contributed by atoms with E-state index in [1.807, 2.05) is 50.2 Å². The summed E-state index contributed by atoms with van der Waals surface area (Å²) in [7, 11) is 1.57. The quantitative estimate of drug-likeness (QED) is 0.354. The molecule has 2 aromatic heterocycles. The molecule has 0 saturated carbocycles. The van der Waals surface area contributed by atoms with Gasteiger partial charge in [-0.15, -0.1) is 0 Å². The van der Waals surface area contributed by atoms with Gasteiger partial charge in [-0.2, -0.15) is 0 Å². The van der Waals surface area contributed by atoms with Gasteiger partial charge in [0.25, 0.3) is 5.91 Å². The molecule has 0 unspecified atom stereocenters. The molecule has 0 spiro atoms.